The number of rotatable bonds is 5. The molecule has 0 spiro atoms. The largest absolute Gasteiger partial charge is 0.467 e. The van der Waals surface area contributed by atoms with E-state index in [1.165, 1.54) is 6.26 Å². The average Bonchev–Trinajstić information content (AvgIpc) is 2.73. The first-order chi connectivity index (χ1) is 7.17. The van der Waals surface area contributed by atoms with Gasteiger partial charge in [-0.05, 0) is 12.3 Å². The Morgan fingerprint density at radius 1 is 1.69 bits per heavy atom. The van der Waals surface area contributed by atoms with Crippen molar-refractivity contribution in [3.63, 3.8) is 0 Å². The molecule has 1 amide bonds. The minimum Gasteiger partial charge on any atom is -0.467 e. The number of hydrogen-bond donors (Lipinski definition) is 2. The first-order valence-corrected chi connectivity index (χ1v) is 6.04. The molecule has 1 aromatic rings. The van der Waals surface area contributed by atoms with E-state index in [2.05, 4.69) is 12.2 Å². The Bertz CT molecular complexity index is 330. The molecular formula is C10H17ClN2O2S. The van der Waals surface area contributed by atoms with Crippen LogP contribution < -0.4 is 11.1 Å². The molecule has 0 aliphatic heterocycles. The molecule has 0 aliphatic rings. The number of halogens is 1. The maximum atomic E-state index is 11.6. The lowest BCUT2D eigenvalue weighted by Crippen LogP contribution is -2.28. The Hall–Kier alpha value is -0.650. The van der Waals surface area contributed by atoms with Gasteiger partial charge < -0.3 is 15.5 Å². The summed E-state index contributed by atoms with van der Waals surface area (Å²) in [5.74, 6) is 0.511. The van der Waals surface area contributed by atoms with E-state index in [0.29, 0.717) is 29.7 Å². The first kappa shape index (κ1) is 15.3. The van der Waals surface area contributed by atoms with Gasteiger partial charge in [-0.2, -0.15) is 11.8 Å². The zero-order valence-electron chi connectivity index (χ0n) is 9.36. The minimum absolute atomic E-state index is 0. The summed E-state index contributed by atoms with van der Waals surface area (Å²) in [6.07, 6.45) is 3.45. The number of nitrogens with one attached hydrogen (secondary N) is 1. The summed E-state index contributed by atoms with van der Waals surface area (Å²) >= 11 is 1.71. The van der Waals surface area contributed by atoms with Crippen LogP contribution in [0.4, 0.5) is 0 Å². The number of furan rings is 1. The van der Waals surface area contributed by atoms with Gasteiger partial charge in [0.15, 0.2) is 0 Å². The molecule has 0 saturated heterocycles. The highest BCUT2D eigenvalue weighted by Crippen LogP contribution is 2.07. The van der Waals surface area contributed by atoms with Crippen molar-refractivity contribution in [2.75, 3.05) is 12.8 Å². The van der Waals surface area contributed by atoms with E-state index in [1.807, 2.05) is 6.26 Å². The summed E-state index contributed by atoms with van der Waals surface area (Å²) in [6, 6.07) is 1.67. The summed E-state index contributed by atoms with van der Waals surface area (Å²) in [4.78, 5) is 11.6. The maximum absolute atomic E-state index is 11.6. The second-order valence-electron chi connectivity index (χ2n) is 3.26. The predicted molar refractivity (Wildman–Crippen MR) is 69.2 cm³/mol. The molecule has 1 heterocycles. The monoisotopic (exact) mass is 264 g/mol. The Kier molecular flexibility index (Phi) is 7.29. The summed E-state index contributed by atoms with van der Waals surface area (Å²) < 4.78 is 5.08. The van der Waals surface area contributed by atoms with Gasteiger partial charge >= 0.3 is 0 Å². The molecule has 1 atom stereocenters. The third-order valence-electron chi connectivity index (χ3n) is 2.07. The number of amides is 1. The van der Waals surface area contributed by atoms with Gasteiger partial charge in [0.05, 0.1) is 12.1 Å². The van der Waals surface area contributed by atoms with Crippen molar-refractivity contribution in [1.82, 2.24) is 5.32 Å². The SMILES string of the molecule is CSC(C)CNC(=O)c1coc(CN)c1.Cl. The van der Waals surface area contributed by atoms with Crippen molar-refractivity contribution in [2.45, 2.75) is 18.7 Å². The number of hydrogen-bond acceptors (Lipinski definition) is 4. The fourth-order valence-electron chi connectivity index (χ4n) is 1.03. The average molecular weight is 265 g/mol. The molecule has 1 unspecified atom stereocenters. The smallest absolute Gasteiger partial charge is 0.254 e. The third kappa shape index (κ3) is 4.47. The van der Waals surface area contributed by atoms with Crippen LogP contribution in [-0.2, 0) is 6.54 Å². The van der Waals surface area contributed by atoms with Gasteiger partial charge in [-0.1, -0.05) is 6.92 Å². The van der Waals surface area contributed by atoms with Crippen molar-refractivity contribution >= 4 is 30.1 Å². The Morgan fingerprint density at radius 3 is 2.88 bits per heavy atom. The number of carbonyl (C=O) groups is 1. The molecule has 0 saturated carbocycles. The number of nitrogens with two attached hydrogens (primary N) is 1. The van der Waals surface area contributed by atoms with Gasteiger partial charge in [-0.3, -0.25) is 4.79 Å². The van der Waals surface area contributed by atoms with Gasteiger partial charge in [-0.15, -0.1) is 12.4 Å². The van der Waals surface area contributed by atoms with Crippen molar-refractivity contribution in [1.29, 1.82) is 0 Å². The summed E-state index contributed by atoms with van der Waals surface area (Å²) in [5, 5.41) is 3.24. The molecule has 0 aromatic carbocycles. The topological polar surface area (TPSA) is 68.3 Å². The zero-order chi connectivity index (χ0) is 11.3. The van der Waals surface area contributed by atoms with Crippen LogP contribution in [0.15, 0.2) is 16.7 Å². The van der Waals surface area contributed by atoms with Crippen LogP contribution in [-0.4, -0.2) is 24.0 Å². The van der Waals surface area contributed by atoms with Gasteiger partial charge in [0.25, 0.3) is 5.91 Å². The first-order valence-electron chi connectivity index (χ1n) is 4.75. The maximum Gasteiger partial charge on any atom is 0.254 e. The highest BCUT2D eigenvalue weighted by atomic mass is 35.5. The Morgan fingerprint density at radius 2 is 2.38 bits per heavy atom. The lowest BCUT2D eigenvalue weighted by atomic mass is 10.3. The molecule has 0 aliphatic carbocycles. The van der Waals surface area contributed by atoms with Crippen LogP contribution in [0.1, 0.15) is 23.0 Å². The van der Waals surface area contributed by atoms with Gasteiger partial charge in [0.1, 0.15) is 12.0 Å². The third-order valence-corrected chi connectivity index (χ3v) is 3.04. The van der Waals surface area contributed by atoms with Crippen LogP contribution in [0.25, 0.3) is 0 Å². The number of carbonyl (C=O) groups excluding carboxylic acids is 1. The fraction of sp³-hybridized carbons (Fsp3) is 0.500. The molecule has 0 fully saturated rings. The van der Waals surface area contributed by atoms with E-state index in [1.54, 1.807) is 17.8 Å². The fourth-order valence-corrected chi connectivity index (χ4v) is 1.28. The molecule has 1 aromatic heterocycles. The van der Waals surface area contributed by atoms with Crippen molar-refractivity contribution in [3.05, 3.63) is 23.7 Å². The highest BCUT2D eigenvalue weighted by Gasteiger charge is 2.10. The van der Waals surface area contributed by atoms with Crippen molar-refractivity contribution in [2.24, 2.45) is 5.73 Å². The van der Waals surface area contributed by atoms with Crippen LogP contribution in [0, 0.1) is 0 Å². The summed E-state index contributed by atoms with van der Waals surface area (Å²) in [5.41, 5.74) is 5.91. The molecule has 92 valence electrons. The molecule has 16 heavy (non-hydrogen) atoms. The molecule has 0 bridgehead atoms. The molecule has 3 N–H and O–H groups in total. The predicted octanol–water partition coefficient (Wildman–Crippen LogP) is 1.64. The molecule has 4 nitrogen and oxygen atoms in total. The molecule has 1 rings (SSSR count). The van der Waals surface area contributed by atoms with E-state index in [9.17, 15) is 4.79 Å². The quantitative estimate of drug-likeness (QED) is 0.848. The standard InChI is InChI=1S/C10H16N2O2S.ClH/c1-7(15-2)5-12-10(13)8-3-9(4-11)14-6-8;/h3,6-7H,4-5,11H2,1-2H3,(H,12,13);1H. The van der Waals surface area contributed by atoms with E-state index in [4.69, 9.17) is 10.2 Å². The van der Waals surface area contributed by atoms with Crippen LogP contribution in [0.5, 0.6) is 0 Å². The number of thioether (sulfide) groups is 1. The van der Waals surface area contributed by atoms with E-state index >= 15 is 0 Å². The second kappa shape index (κ2) is 7.60. The normalized spacial score (nSPS) is 11.7. The molecule has 6 heteroatoms. The van der Waals surface area contributed by atoms with Gasteiger partial charge in [0.2, 0.25) is 0 Å². The van der Waals surface area contributed by atoms with Gasteiger partial charge in [-0.25, -0.2) is 0 Å². The second-order valence-corrected chi connectivity index (χ2v) is 4.54. The van der Waals surface area contributed by atoms with E-state index < -0.39 is 0 Å². The molecule has 0 radical (unpaired) electrons. The minimum atomic E-state index is -0.112. The lowest BCUT2D eigenvalue weighted by molar-refractivity contribution is 0.0953. The van der Waals surface area contributed by atoms with Gasteiger partial charge in [0, 0.05) is 11.8 Å². The van der Waals surface area contributed by atoms with Crippen molar-refractivity contribution < 1.29 is 9.21 Å². The van der Waals surface area contributed by atoms with Crippen LogP contribution >= 0.6 is 24.2 Å². The lowest BCUT2D eigenvalue weighted by Gasteiger charge is -2.08. The highest BCUT2D eigenvalue weighted by molar-refractivity contribution is 7.99. The Balaban J connectivity index is 0.00000225. The Labute approximate surface area is 106 Å². The zero-order valence-corrected chi connectivity index (χ0v) is 11.0. The van der Waals surface area contributed by atoms with Crippen LogP contribution in [0.3, 0.4) is 0 Å². The van der Waals surface area contributed by atoms with Crippen LogP contribution in [0.2, 0.25) is 0 Å². The van der Waals surface area contributed by atoms with E-state index in [0.717, 1.165) is 0 Å². The van der Waals surface area contributed by atoms with E-state index in [-0.39, 0.29) is 18.3 Å². The summed E-state index contributed by atoms with van der Waals surface area (Å²) in [6.45, 7) is 3.03. The molecular weight excluding hydrogens is 248 g/mol. The van der Waals surface area contributed by atoms with Crippen molar-refractivity contribution in [3.8, 4) is 0 Å². The summed E-state index contributed by atoms with van der Waals surface area (Å²) in [7, 11) is 0.